The summed E-state index contributed by atoms with van der Waals surface area (Å²) in [6, 6.07) is 14.6. The molecule has 8 heteroatoms. The predicted molar refractivity (Wildman–Crippen MR) is 115 cm³/mol. The number of thioether (sulfide) groups is 1. The van der Waals surface area contributed by atoms with Crippen LogP contribution in [0.4, 0.5) is 11.4 Å². The topological polar surface area (TPSA) is 61.8 Å². The fourth-order valence-electron chi connectivity index (χ4n) is 2.34. The molecule has 2 aromatic carbocycles. The number of hydrogen-bond donors (Lipinski definition) is 1. The molecule has 3 rings (SSSR count). The van der Waals surface area contributed by atoms with Crippen LogP contribution in [0, 0.1) is 3.57 Å². The number of benzene rings is 2. The summed E-state index contributed by atoms with van der Waals surface area (Å²) in [4.78, 5) is 30.7. The van der Waals surface area contributed by atoms with Crippen molar-refractivity contribution in [3.8, 4) is 0 Å². The van der Waals surface area contributed by atoms with Crippen molar-refractivity contribution >= 4 is 74.3 Å². The van der Waals surface area contributed by atoms with E-state index in [9.17, 15) is 9.59 Å². The van der Waals surface area contributed by atoms with Crippen molar-refractivity contribution < 1.29 is 9.59 Å². The molecule has 1 saturated heterocycles. The van der Waals surface area contributed by atoms with Gasteiger partial charge >= 0.3 is 0 Å². The Morgan fingerprint density at radius 1 is 1.23 bits per heavy atom. The van der Waals surface area contributed by atoms with Gasteiger partial charge in [0, 0.05) is 27.7 Å². The third-order valence-electron chi connectivity index (χ3n) is 3.69. The van der Waals surface area contributed by atoms with Gasteiger partial charge < -0.3 is 5.32 Å². The number of nitrogens with one attached hydrogen (secondary N) is 1. The quantitative estimate of drug-likeness (QED) is 0.629. The first-order valence-corrected chi connectivity index (χ1v) is 10.1. The van der Waals surface area contributed by atoms with Gasteiger partial charge in [-0.15, -0.1) is 0 Å². The Morgan fingerprint density at radius 2 is 1.88 bits per heavy atom. The number of aliphatic imine (C=N–C) groups is 1. The Bertz CT molecular complexity index is 856. The van der Waals surface area contributed by atoms with Crippen molar-refractivity contribution in [3.05, 3.63) is 57.1 Å². The van der Waals surface area contributed by atoms with Crippen LogP contribution < -0.4 is 5.32 Å². The molecule has 0 saturated carbocycles. The van der Waals surface area contributed by atoms with Crippen molar-refractivity contribution in [2.24, 2.45) is 4.99 Å². The molecule has 1 atom stereocenters. The van der Waals surface area contributed by atoms with E-state index in [1.54, 1.807) is 31.3 Å². The minimum absolute atomic E-state index is 0.0855. The van der Waals surface area contributed by atoms with Gasteiger partial charge in [-0.05, 0) is 71.1 Å². The van der Waals surface area contributed by atoms with Crippen LogP contribution in [-0.2, 0) is 9.59 Å². The molecule has 1 heterocycles. The molecule has 2 aromatic rings. The highest BCUT2D eigenvalue weighted by Crippen LogP contribution is 2.31. The molecular weight excluding hydrogens is 485 g/mol. The number of halogens is 2. The largest absolute Gasteiger partial charge is 0.326 e. The lowest BCUT2D eigenvalue weighted by Crippen LogP contribution is -2.30. The molecular formula is C18H15ClIN3O2S. The summed E-state index contributed by atoms with van der Waals surface area (Å²) in [5, 5.41) is 3.50. The minimum atomic E-state index is -0.477. The molecule has 1 aliphatic rings. The molecule has 1 N–H and O–H groups in total. The summed E-state index contributed by atoms with van der Waals surface area (Å²) in [5.41, 5.74) is 1.43. The Hall–Kier alpha value is -1.58. The van der Waals surface area contributed by atoms with Gasteiger partial charge in [0.2, 0.25) is 11.8 Å². The van der Waals surface area contributed by atoms with Crippen LogP contribution in [0.3, 0.4) is 0 Å². The summed E-state index contributed by atoms with van der Waals surface area (Å²) in [6.45, 7) is 0. The molecule has 5 nitrogen and oxygen atoms in total. The highest BCUT2D eigenvalue weighted by atomic mass is 127. The van der Waals surface area contributed by atoms with Gasteiger partial charge in [0.1, 0.15) is 5.25 Å². The highest BCUT2D eigenvalue weighted by molar-refractivity contribution is 14.1. The highest BCUT2D eigenvalue weighted by Gasteiger charge is 2.36. The lowest BCUT2D eigenvalue weighted by atomic mass is 10.2. The van der Waals surface area contributed by atoms with Crippen molar-refractivity contribution in [1.29, 1.82) is 0 Å². The number of rotatable bonds is 4. The lowest BCUT2D eigenvalue weighted by Gasteiger charge is -2.09. The fourth-order valence-corrected chi connectivity index (χ4v) is 3.98. The predicted octanol–water partition coefficient (Wildman–Crippen LogP) is 4.53. The van der Waals surface area contributed by atoms with E-state index in [1.165, 1.54) is 16.7 Å². The number of amides is 2. The van der Waals surface area contributed by atoms with Gasteiger partial charge in [0.25, 0.3) is 0 Å². The molecule has 1 fully saturated rings. The smallest absolute Gasteiger partial charge is 0.242 e. The maximum absolute atomic E-state index is 12.4. The summed E-state index contributed by atoms with van der Waals surface area (Å²) in [6.07, 6.45) is 0.0855. The zero-order chi connectivity index (χ0) is 18.7. The SMILES string of the molecule is CN1C(=O)[C@@H](CC(=O)Nc2ccc(Cl)cc2)SC1=Nc1ccc(I)cc1. The number of anilines is 1. The van der Waals surface area contributed by atoms with E-state index in [4.69, 9.17) is 11.6 Å². The number of carbonyl (C=O) groups is 2. The normalized spacial score (nSPS) is 18.4. The van der Waals surface area contributed by atoms with Gasteiger partial charge in [-0.3, -0.25) is 14.5 Å². The minimum Gasteiger partial charge on any atom is -0.326 e. The fraction of sp³-hybridized carbons (Fsp3) is 0.167. The van der Waals surface area contributed by atoms with Crippen LogP contribution in [0.25, 0.3) is 0 Å². The third-order valence-corrected chi connectivity index (χ3v) is 5.89. The average Bonchev–Trinajstić information content (AvgIpc) is 2.87. The van der Waals surface area contributed by atoms with Crippen LogP contribution in [0.5, 0.6) is 0 Å². The van der Waals surface area contributed by atoms with Crippen LogP contribution >= 0.6 is 46.0 Å². The molecule has 1 aliphatic heterocycles. The Balaban J connectivity index is 1.65. The molecule has 0 spiro atoms. The monoisotopic (exact) mass is 499 g/mol. The number of carbonyl (C=O) groups excluding carboxylic acids is 2. The van der Waals surface area contributed by atoms with E-state index in [-0.39, 0.29) is 18.2 Å². The lowest BCUT2D eigenvalue weighted by molar-refractivity contribution is -0.127. The number of nitrogens with zero attached hydrogens (tertiary/aromatic N) is 2. The summed E-state index contributed by atoms with van der Waals surface area (Å²) in [5.74, 6) is -0.340. The number of amidine groups is 1. The Kier molecular flexibility index (Phi) is 6.20. The molecule has 134 valence electrons. The van der Waals surface area contributed by atoms with Gasteiger partial charge in [-0.25, -0.2) is 4.99 Å². The molecule has 26 heavy (non-hydrogen) atoms. The average molecular weight is 500 g/mol. The van der Waals surface area contributed by atoms with Crippen LogP contribution in [-0.4, -0.2) is 34.2 Å². The summed E-state index contributed by atoms with van der Waals surface area (Å²) >= 11 is 9.37. The first kappa shape index (κ1) is 19.2. The molecule has 0 bridgehead atoms. The van der Waals surface area contributed by atoms with E-state index >= 15 is 0 Å². The van der Waals surface area contributed by atoms with E-state index in [2.05, 4.69) is 32.9 Å². The Morgan fingerprint density at radius 3 is 2.54 bits per heavy atom. The maximum atomic E-state index is 12.4. The van der Waals surface area contributed by atoms with E-state index in [0.717, 1.165) is 9.26 Å². The van der Waals surface area contributed by atoms with E-state index in [0.29, 0.717) is 15.9 Å². The summed E-state index contributed by atoms with van der Waals surface area (Å²) in [7, 11) is 1.68. The van der Waals surface area contributed by atoms with Crippen molar-refractivity contribution in [3.63, 3.8) is 0 Å². The molecule has 0 radical (unpaired) electrons. The first-order valence-electron chi connectivity index (χ1n) is 7.76. The zero-order valence-corrected chi connectivity index (χ0v) is 17.5. The second-order valence-electron chi connectivity index (χ2n) is 5.63. The molecule has 0 aromatic heterocycles. The maximum Gasteiger partial charge on any atom is 0.242 e. The van der Waals surface area contributed by atoms with Crippen molar-refractivity contribution in [2.75, 3.05) is 12.4 Å². The van der Waals surface area contributed by atoms with E-state index in [1.807, 2.05) is 24.3 Å². The van der Waals surface area contributed by atoms with Gasteiger partial charge in [-0.2, -0.15) is 0 Å². The molecule has 0 aliphatic carbocycles. The van der Waals surface area contributed by atoms with Crippen LogP contribution in [0.1, 0.15) is 6.42 Å². The van der Waals surface area contributed by atoms with Gasteiger partial charge in [-0.1, -0.05) is 23.4 Å². The van der Waals surface area contributed by atoms with Gasteiger partial charge in [0.15, 0.2) is 5.17 Å². The summed E-state index contributed by atoms with van der Waals surface area (Å²) < 4.78 is 1.12. The number of hydrogen-bond acceptors (Lipinski definition) is 4. The van der Waals surface area contributed by atoms with Crippen LogP contribution in [0.2, 0.25) is 5.02 Å². The van der Waals surface area contributed by atoms with Gasteiger partial charge in [0.05, 0.1) is 5.69 Å². The zero-order valence-electron chi connectivity index (χ0n) is 13.8. The standard InChI is InChI=1S/C18H15ClIN3O2S/c1-23-17(25)15(10-16(24)21-13-6-2-11(19)3-7-13)26-18(23)22-14-8-4-12(20)5-9-14/h2-9,15H,10H2,1H3,(H,21,24)/t15-/m1/s1. The van der Waals surface area contributed by atoms with Crippen LogP contribution in [0.15, 0.2) is 53.5 Å². The second kappa shape index (κ2) is 8.41. The van der Waals surface area contributed by atoms with E-state index < -0.39 is 5.25 Å². The first-order chi connectivity index (χ1) is 12.4. The van der Waals surface area contributed by atoms with Crippen molar-refractivity contribution in [2.45, 2.75) is 11.7 Å². The van der Waals surface area contributed by atoms with Crippen molar-refractivity contribution in [1.82, 2.24) is 4.90 Å². The molecule has 2 amide bonds. The third kappa shape index (κ3) is 4.77. The Labute approximate surface area is 174 Å². The molecule has 0 unspecified atom stereocenters. The second-order valence-corrected chi connectivity index (χ2v) is 8.49.